The van der Waals surface area contributed by atoms with Crippen molar-refractivity contribution in [3.63, 3.8) is 0 Å². The lowest BCUT2D eigenvalue weighted by atomic mass is 9.95. The van der Waals surface area contributed by atoms with Gasteiger partial charge in [-0.15, -0.1) is 0 Å². The number of benzene rings is 1. The molecule has 0 saturated carbocycles. The van der Waals surface area contributed by atoms with Gasteiger partial charge in [-0.1, -0.05) is 29.8 Å². The van der Waals surface area contributed by atoms with Gasteiger partial charge in [-0.3, -0.25) is 0 Å². The molecule has 21 heavy (non-hydrogen) atoms. The van der Waals surface area contributed by atoms with E-state index in [-0.39, 0.29) is 17.4 Å². The van der Waals surface area contributed by atoms with Gasteiger partial charge >= 0.3 is 0 Å². The van der Waals surface area contributed by atoms with Crippen LogP contribution in [0.4, 0.5) is 5.69 Å². The number of nitrogens with two attached hydrogens (primary N) is 1. The number of aliphatic hydroxyl groups is 1. The number of nitrogen functional groups attached to an aromatic ring is 1. The van der Waals surface area contributed by atoms with E-state index in [1.807, 2.05) is 13.8 Å². The zero-order valence-electron chi connectivity index (χ0n) is 12.8. The van der Waals surface area contributed by atoms with E-state index in [9.17, 15) is 13.5 Å². The third-order valence-corrected chi connectivity index (χ3v) is 5.13. The Morgan fingerprint density at radius 1 is 1.43 bits per heavy atom. The zero-order valence-corrected chi connectivity index (χ0v) is 15.2. The summed E-state index contributed by atoms with van der Waals surface area (Å²) in [5, 5.41) is 10.2. The van der Waals surface area contributed by atoms with Gasteiger partial charge in [-0.05, 0) is 43.9 Å². The van der Waals surface area contributed by atoms with Crippen LogP contribution in [-0.4, -0.2) is 25.7 Å². The van der Waals surface area contributed by atoms with Crippen molar-refractivity contribution in [2.45, 2.75) is 44.6 Å². The molecule has 0 bridgehead atoms. The van der Waals surface area contributed by atoms with E-state index in [1.165, 1.54) is 6.07 Å². The monoisotopic (exact) mass is 378 g/mol. The summed E-state index contributed by atoms with van der Waals surface area (Å²) in [5.74, 6) is 0.271. The third-order valence-electron chi connectivity index (χ3n) is 3.15. The summed E-state index contributed by atoms with van der Waals surface area (Å²) >= 11 is 3.24. The second-order valence-electron chi connectivity index (χ2n) is 6.04. The average molecular weight is 379 g/mol. The Bertz CT molecular complexity index is 613. The number of rotatable bonds is 6. The van der Waals surface area contributed by atoms with Crippen LogP contribution in [0.2, 0.25) is 0 Å². The summed E-state index contributed by atoms with van der Waals surface area (Å²) in [6.07, 6.45) is 0.509. The Morgan fingerprint density at radius 3 is 2.52 bits per heavy atom. The van der Waals surface area contributed by atoms with Crippen molar-refractivity contribution < 1.29 is 13.5 Å². The molecule has 0 aliphatic carbocycles. The Morgan fingerprint density at radius 2 is 2.00 bits per heavy atom. The maximum atomic E-state index is 12.4. The van der Waals surface area contributed by atoms with E-state index in [2.05, 4.69) is 20.7 Å². The summed E-state index contributed by atoms with van der Waals surface area (Å²) in [4.78, 5) is 0.120. The number of hydrogen-bond donors (Lipinski definition) is 3. The van der Waals surface area contributed by atoms with Gasteiger partial charge in [0.1, 0.15) is 0 Å². The first-order valence-corrected chi connectivity index (χ1v) is 9.00. The smallest absolute Gasteiger partial charge is 0.241 e. The van der Waals surface area contributed by atoms with Crippen molar-refractivity contribution in [1.29, 1.82) is 0 Å². The molecule has 1 rings (SSSR count). The quantitative estimate of drug-likeness (QED) is 0.662. The van der Waals surface area contributed by atoms with Gasteiger partial charge in [-0.2, -0.15) is 0 Å². The first kappa shape index (κ1) is 18.4. The Kier molecular flexibility index (Phi) is 5.83. The Labute approximate surface area is 135 Å². The fourth-order valence-corrected chi connectivity index (χ4v) is 4.32. The van der Waals surface area contributed by atoms with Crippen LogP contribution < -0.4 is 10.5 Å². The number of nitrogens with one attached hydrogen (secondary N) is 1. The van der Waals surface area contributed by atoms with E-state index in [0.29, 0.717) is 22.1 Å². The molecule has 120 valence electrons. The zero-order chi connectivity index (χ0) is 16.4. The maximum absolute atomic E-state index is 12.4. The SMILES string of the molecule is Cc1c(N)cc(Br)cc1S(=O)(=O)NCC(C)(O)CC(C)C. The van der Waals surface area contributed by atoms with Crippen LogP contribution in [0.5, 0.6) is 0 Å². The molecule has 1 unspecified atom stereocenters. The molecule has 0 spiro atoms. The first-order chi connectivity index (χ1) is 9.44. The summed E-state index contributed by atoms with van der Waals surface area (Å²) in [5.41, 5.74) is 5.60. The van der Waals surface area contributed by atoms with Gasteiger partial charge in [0.15, 0.2) is 0 Å². The van der Waals surface area contributed by atoms with E-state index >= 15 is 0 Å². The predicted molar refractivity (Wildman–Crippen MR) is 88.6 cm³/mol. The second-order valence-corrected chi connectivity index (χ2v) is 8.69. The fourth-order valence-electron chi connectivity index (χ4n) is 2.23. The van der Waals surface area contributed by atoms with Crippen LogP contribution in [0.25, 0.3) is 0 Å². The molecule has 1 aromatic rings. The Hall–Kier alpha value is -0.630. The number of hydrogen-bond acceptors (Lipinski definition) is 4. The number of sulfonamides is 1. The fraction of sp³-hybridized carbons (Fsp3) is 0.571. The number of anilines is 1. The number of halogens is 1. The van der Waals surface area contributed by atoms with Gasteiger partial charge in [0.05, 0.1) is 10.5 Å². The lowest BCUT2D eigenvalue weighted by Crippen LogP contribution is -2.41. The second kappa shape index (κ2) is 6.64. The molecule has 0 radical (unpaired) electrons. The highest BCUT2D eigenvalue weighted by atomic mass is 79.9. The van der Waals surface area contributed by atoms with Gasteiger partial charge < -0.3 is 10.8 Å². The van der Waals surface area contributed by atoms with Crippen molar-refractivity contribution in [3.8, 4) is 0 Å². The lowest BCUT2D eigenvalue weighted by Gasteiger charge is -2.25. The van der Waals surface area contributed by atoms with Crippen molar-refractivity contribution in [2.24, 2.45) is 5.92 Å². The van der Waals surface area contributed by atoms with Gasteiger partial charge in [0, 0.05) is 16.7 Å². The minimum atomic E-state index is -3.72. The van der Waals surface area contributed by atoms with Crippen molar-refractivity contribution >= 4 is 31.6 Å². The highest BCUT2D eigenvalue weighted by molar-refractivity contribution is 9.10. The molecule has 0 fully saturated rings. The molecule has 1 atom stereocenters. The summed E-state index contributed by atoms with van der Waals surface area (Å²) < 4.78 is 27.8. The molecule has 0 aliphatic heterocycles. The highest BCUT2D eigenvalue weighted by Crippen LogP contribution is 2.26. The van der Waals surface area contributed by atoms with Crippen LogP contribution in [-0.2, 0) is 10.0 Å². The molecule has 5 nitrogen and oxygen atoms in total. The van der Waals surface area contributed by atoms with Crippen LogP contribution in [0.3, 0.4) is 0 Å². The lowest BCUT2D eigenvalue weighted by molar-refractivity contribution is 0.0436. The van der Waals surface area contributed by atoms with Crippen LogP contribution >= 0.6 is 15.9 Å². The van der Waals surface area contributed by atoms with Gasteiger partial charge in [0.2, 0.25) is 10.0 Å². The summed E-state index contributed by atoms with van der Waals surface area (Å²) in [6, 6.07) is 3.16. The normalized spacial score (nSPS) is 15.2. The molecular formula is C14H23BrN2O3S. The minimum Gasteiger partial charge on any atom is -0.398 e. The Balaban J connectivity index is 2.98. The molecule has 0 heterocycles. The van der Waals surface area contributed by atoms with E-state index < -0.39 is 15.6 Å². The average Bonchev–Trinajstić information content (AvgIpc) is 2.30. The standard InChI is InChI=1S/C14H23BrN2O3S/c1-9(2)7-14(4,18)8-17-21(19,20)13-6-11(15)5-12(16)10(13)3/h5-6,9,17-18H,7-8,16H2,1-4H3. The van der Waals surface area contributed by atoms with Crippen molar-refractivity contribution in [1.82, 2.24) is 4.72 Å². The van der Waals surface area contributed by atoms with Crippen molar-refractivity contribution in [2.75, 3.05) is 12.3 Å². The van der Waals surface area contributed by atoms with Gasteiger partial charge in [-0.25, -0.2) is 13.1 Å². The molecule has 0 aliphatic rings. The predicted octanol–water partition coefficient (Wildman–Crippen LogP) is 2.42. The van der Waals surface area contributed by atoms with Crippen LogP contribution in [0.15, 0.2) is 21.5 Å². The molecule has 0 amide bonds. The molecule has 4 N–H and O–H groups in total. The first-order valence-electron chi connectivity index (χ1n) is 6.72. The van der Waals surface area contributed by atoms with Crippen molar-refractivity contribution in [3.05, 3.63) is 22.2 Å². The topological polar surface area (TPSA) is 92.4 Å². The molecule has 7 heteroatoms. The van der Waals surface area contributed by atoms with E-state index in [0.717, 1.165) is 0 Å². The van der Waals surface area contributed by atoms with Crippen LogP contribution in [0.1, 0.15) is 32.8 Å². The highest BCUT2D eigenvalue weighted by Gasteiger charge is 2.26. The largest absolute Gasteiger partial charge is 0.398 e. The van der Waals surface area contributed by atoms with E-state index in [4.69, 9.17) is 5.73 Å². The molecular weight excluding hydrogens is 356 g/mol. The summed E-state index contributed by atoms with van der Waals surface area (Å²) in [7, 11) is -3.72. The third kappa shape index (κ3) is 5.25. The molecule has 1 aromatic carbocycles. The molecule has 0 saturated heterocycles. The van der Waals surface area contributed by atoms with Gasteiger partial charge in [0.25, 0.3) is 0 Å². The van der Waals surface area contributed by atoms with Crippen LogP contribution in [0, 0.1) is 12.8 Å². The maximum Gasteiger partial charge on any atom is 0.241 e. The minimum absolute atomic E-state index is 0.0423. The molecule has 0 aromatic heterocycles. The van der Waals surface area contributed by atoms with E-state index in [1.54, 1.807) is 19.9 Å². The summed E-state index contributed by atoms with van der Waals surface area (Å²) in [6.45, 7) is 7.18.